The zero-order valence-corrected chi connectivity index (χ0v) is 19.7. The third-order valence-corrected chi connectivity index (χ3v) is 5.84. The molecule has 172 valence electrons. The molecule has 0 saturated heterocycles. The third-order valence-electron chi connectivity index (χ3n) is 5.52. The normalized spacial score (nSPS) is 10.9. The van der Waals surface area contributed by atoms with Gasteiger partial charge >= 0.3 is 5.97 Å². The summed E-state index contributed by atoms with van der Waals surface area (Å²) in [6, 6.07) is 21.5. The average molecular weight is 474 g/mol. The molecule has 4 aromatic rings. The highest BCUT2D eigenvalue weighted by Crippen LogP contribution is 2.25. The molecule has 0 fully saturated rings. The summed E-state index contributed by atoms with van der Waals surface area (Å²) in [6.07, 6.45) is 0.444. The van der Waals surface area contributed by atoms with Crippen LogP contribution in [-0.2, 0) is 24.1 Å². The fraction of sp³-hybridized carbons (Fsp3) is 0.185. The van der Waals surface area contributed by atoms with E-state index in [9.17, 15) is 14.7 Å². The Morgan fingerprint density at radius 3 is 2.35 bits per heavy atom. The fourth-order valence-corrected chi connectivity index (χ4v) is 4.17. The number of aromatic nitrogens is 2. The van der Waals surface area contributed by atoms with Gasteiger partial charge in [-0.2, -0.15) is 0 Å². The van der Waals surface area contributed by atoms with E-state index in [0.717, 1.165) is 21.9 Å². The Morgan fingerprint density at radius 1 is 0.882 bits per heavy atom. The number of carboxylic acid groups (broad SMARTS) is 1. The van der Waals surface area contributed by atoms with Crippen LogP contribution >= 0.6 is 11.6 Å². The van der Waals surface area contributed by atoms with Gasteiger partial charge in [-0.05, 0) is 28.0 Å². The standard InChI is InChI=1S/C27H24ClN3O3/c1-31(2)27-22(16-25(33)34)26(28)29-24(30-27)14-18-7-5-6-17(12-18)13-23(32)21-11-10-19-8-3-4-9-20(19)15-21/h3-12,15H,13-14,16H2,1-2H3,(H,33,34). The van der Waals surface area contributed by atoms with Crippen LogP contribution in [0.3, 0.4) is 0 Å². The van der Waals surface area contributed by atoms with Crippen molar-refractivity contribution in [2.45, 2.75) is 19.3 Å². The molecule has 0 aliphatic rings. The largest absolute Gasteiger partial charge is 0.481 e. The quantitative estimate of drug-likeness (QED) is 0.286. The van der Waals surface area contributed by atoms with E-state index in [1.807, 2.05) is 66.7 Å². The predicted octanol–water partition coefficient (Wildman–Crippen LogP) is 4.99. The molecule has 3 aromatic carbocycles. The predicted molar refractivity (Wildman–Crippen MR) is 134 cm³/mol. The number of anilines is 1. The van der Waals surface area contributed by atoms with Crippen LogP contribution in [0.1, 0.15) is 32.9 Å². The van der Waals surface area contributed by atoms with Gasteiger partial charge in [-0.1, -0.05) is 72.3 Å². The van der Waals surface area contributed by atoms with Crippen molar-refractivity contribution in [2.24, 2.45) is 0 Å². The van der Waals surface area contributed by atoms with Crippen molar-refractivity contribution in [3.05, 3.63) is 100.0 Å². The number of nitrogens with zero attached hydrogens (tertiary/aromatic N) is 3. The van der Waals surface area contributed by atoms with Crippen LogP contribution in [0.2, 0.25) is 5.15 Å². The lowest BCUT2D eigenvalue weighted by molar-refractivity contribution is -0.136. The van der Waals surface area contributed by atoms with Crippen LogP contribution < -0.4 is 4.90 Å². The van der Waals surface area contributed by atoms with Gasteiger partial charge in [0, 0.05) is 38.1 Å². The van der Waals surface area contributed by atoms with Gasteiger partial charge in [0.15, 0.2) is 5.78 Å². The topological polar surface area (TPSA) is 83.4 Å². The minimum Gasteiger partial charge on any atom is -0.481 e. The summed E-state index contributed by atoms with van der Waals surface area (Å²) in [6.45, 7) is 0. The van der Waals surface area contributed by atoms with E-state index in [1.54, 1.807) is 19.0 Å². The van der Waals surface area contributed by atoms with Gasteiger partial charge in [0.05, 0.1) is 6.42 Å². The van der Waals surface area contributed by atoms with Crippen molar-refractivity contribution in [2.75, 3.05) is 19.0 Å². The lowest BCUT2D eigenvalue weighted by Crippen LogP contribution is -2.18. The molecule has 0 spiro atoms. The Bertz CT molecular complexity index is 1380. The summed E-state index contributed by atoms with van der Waals surface area (Å²) >= 11 is 6.31. The molecule has 0 bridgehead atoms. The molecule has 0 unspecified atom stereocenters. The van der Waals surface area contributed by atoms with E-state index in [2.05, 4.69) is 9.97 Å². The number of benzene rings is 3. The fourth-order valence-electron chi connectivity index (χ4n) is 3.92. The molecular formula is C27H24ClN3O3. The van der Waals surface area contributed by atoms with Crippen molar-refractivity contribution in [1.29, 1.82) is 0 Å². The molecule has 0 aliphatic heterocycles. The number of carboxylic acids is 1. The van der Waals surface area contributed by atoms with Crippen molar-refractivity contribution in [3.63, 3.8) is 0 Å². The van der Waals surface area contributed by atoms with Crippen LogP contribution in [0.25, 0.3) is 10.8 Å². The Hall–Kier alpha value is -3.77. The number of fused-ring (bicyclic) bond motifs is 1. The molecule has 0 aliphatic carbocycles. The highest BCUT2D eigenvalue weighted by Gasteiger charge is 2.18. The van der Waals surface area contributed by atoms with Crippen LogP contribution in [-0.4, -0.2) is 40.9 Å². The molecule has 1 N–H and O–H groups in total. The third kappa shape index (κ3) is 5.41. The summed E-state index contributed by atoms with van der Waals surface area (Å²) in [5, 5.41) is 11.5. The molecule has 1 aromatic heterocycles. The second-order valence-corrected chi connectivity index (χ2v) is 8.71. The van der Waals surface area contributed by atoms with Crippen LogP contribution in [0.15, 0.2) is 66.7 Å². The Labute approximate surface area is 202 Å². The summed E-state index contributed by atoms with van der Waals surface area (Å²) in [4.78, 5) is 34.7. The number of hydrogen-bond donors (Lipinski definition) is 1. The maximum atomic E-state index is 12.9. The number of aliphatic carboxylic acids is 1. The number of rotatable bonds is 8. The van der Waals surface area contributed by atoms with Gasteiger partial charge in [0.2, 0.25) is 0 Å². The van der Waals surface area contributed by atoms with E-state index in [4.69, 9.17) is 11.6 Å². The van der Waals surface area contributed by atoms with Gasteiger partial charge in [0.1, 0.15) is 16.8 Å². The number of halogens is 1. The highest BCUT2D eigenvalue weighted by atomic mass is 35.5. The smallest absolute Gasteiger partial charge is 0.308 e. The molecule has 0 atom stereocenters. The Kier molecular flexibility index (Phi) is 6.89. The number of carbonyl (C=O) groups excluding carboxylic acids is 1. The number of ketones is 1. The molecule has 7 heteroatoms. The van der Waals surface area contributed by atoms with Crippen molar-refractivity contribution < 1.29 is 14.7 Å². The molecule has 6 nitrogen and oxygen atoms in total. The van der Waals surface area contributed by atoms with E-state index in [1.165, 1.54) is 0 Å². The van der Waals surface area contributed by atoms with E-state index < -0.39 is 5.97 Å². The molecule has 34 heavy (non-hydrogen) atoms. The lowest BCUT2D eigenvalue weighted by atomic mass is 9.98. The van der Waals surface area contributed by atoms with E-state index >= 15 is 0 Å². The van der Waals surface area contributed by atoms with E-state index in [0.29, 0.717) is 29.2 Å². The number of hydrogen-bond acceptors (Lipinski definition) is 5. The highest BCUT2D eigenvalue weighted by molar-refractivity contribution is 6.30. The minimum atomic E-state index is -0.995. The van der Waals surface area contributed by atoms with Gasteiger partial charge < -0.3 is 10.0 Å². The maximum absolute atomic E-state index is 12.9. The summed E-state index contributed by atoms with van der Waals surface area (Å²) in [5.74, 6) is 0.0288. The van der Waals surface area contributed by atoms with Crippen LogP contribution in [0.5, 0.6) is 0 Å². The second-order valence-electron chi connectivity index (χ2n) is 8.36. The van der Waals surface area contributed by atoms with Gasteiger partial charge in [-0.3, -0.25) is 9.59 Å². The first kappa shape index (κ1) is 23.4. The summed E-state index contributed by atoms with van der Waals surface area (Å²) in [7, 11) is 3.57. The maximum Gasteiger partial charge on any atom is 0.308 e. The second kappa shape index (κ2) is 10.0. The van der Waals surface area contributed by atoms with Crippen molar-refractivity contribution in [3.8, 4) is 0 Å². The van der Waals surface area contributed by atoms with Crippen LogP contribution in [0.4, 0.5) is 5.82 Å². The first-order chi connectivity index (χ1) is 16.3. The minimum absolute atomic E-state index is 0.0510. The summed E-state index contributed by atoms with van der Waals surface area (Å²) < 4.78 is 0. The molecule has 1 heterocycles. The number of carbonyl (C=O) groups is 2. The zero-order chi connectivity index (χ0) is 24.2. The SMILES string of the molecule is CN(C)c1nc(Cc2cccc(CC(=O)c3ccc4ccccc4c3)c2)nc(Cl)c1CC(=O)O. The molecular weight excluding hydrogens is 450 g/mol. The Morgan fingerprint density at radius 2 is 1.62 bits per heavy atom. The van der Waals surface area contributed by atoms with E-state index in [-0.39, 0.29) is 23.8 Å². The molecule has 0 radical (unpaired) electrons. The van der Waals surface area contributed by atoms with Gasteiger partial charge in [-0.15, -0.1) is 0 Å². The first-order valence-corrected chi connectivity index (χ1v) is 11.2. The molecule has 0 amide bonds. The monoisotopic (exact) mass is 473 g/mol. The Balaban J connectivity index is 1.54. The van der Waals surface area contributed by atoms with Gasteiger partial charge in [0.25, 0.3) is 0 Å². The average Bonchev–Trinajstić information content (AvgIpc) is 2.80. The molecule has 0 saturated carbocycles. The molecule has 4 rings (SSSR count). The van der Waals surface area contributed by atoms with Crippen molar-refractivity contribution >= 4 is 39.9 Å². The summed E-state index contributed by atoms with van der Waals surface area (Å²) in [5.41, 5.74) is 2.91. The number of Topliss-reactive ketones (excluding diaryl/α,β-unsaturated/α-hetero) is 1. The van der Waals surface area contributed by atoms with Gasteiger partial charge in [-0.25, -0.2) is 9.97 Å². The lowest BCUT2D eigenvalue weighted by Gasteiger charge is -2.17. The first-order valence-electron chi connectivity index (χ1n) is 10.8. The van der Waals surface area contributed by atoms with Crippen molar-refractivity contribution in [1.82, 2.24) is 9.97 Å². The van der Waals surface area contributed by atoms with Crippen LogP contribution in [0, 0.1) is 0 Å². The zero-order valence-electron chi connectivity index (χ0n) is 19.0.